The van der Waals surface area contributed by atoms with Gasteiger partial charge in [0.1, 0.15) is 5.82 Å². The summed E-state index contributed by atoms with van der Waals surface area (Å²) in [5.74, 6) is 0.372. The van der Waals surface area contributed by atoms with Gasteiger partial charge in [0, 0.05) is 30.6 Å². The van der Waals surface area contributed by atoms with Crippen molar-refractivity contribution < 1.29 is 9.13 Å². The van der Waals surface area contributed by atoms with E-state index in [1.807, 2.05) is 12.1 Å². The molecule has 1 aromatic carbocycles. The maximum absolute atomic E-state index is 13.5. The molecule has 0 bridgehead atoms. The molecule has 0 radical (unpaired) electrons. The van der Waals surface area contributed by atoms with Crippen molar-refractivity contribution in [3.63, 3.8) is 0 Å². The first-order valence-electron chi connectivity index (χ1n) is 5.42. The molecule has 1 aliphatic rings. The maximum atomic E-state index is 13.5. The Balaban J connectivity index is 2.05. The van der Waals surface area contributed by atoms with Crippen LogP contribution in [0.15, 0.2) is 24.3 Å². The Hall–Kier alpha value is -0.640. The SMILES string of the molecule is Fc1ccccc1CN1CCOCC1CCl. The average Bonchev–Trinajstić information content (AvgIpc) is 2.33. The van der Waals surface area contributed by atoms with Crippen LogP contribution in [0.25, 0.3) is 0 Å². The van der Waals surface area contributed by atoms with E-state index in [0.29, 0.717) is 25.6 Å². The quantitative estimate of drug-likeness (QED) is 0.756. The van der Waals surface area contributed by atoms with Crippen molar-refractivity contribution in [3.8, 4) is 0 Å². The lowest BCUT2D eigenvalue weighted by Crippen LogP contribution is -2.46. The fourth-order valence-corrected chi connectivity index (χ4v) is 2.17. The van der Waals surface area contributed by atoms with E-state index in [1.165, 1.54) is 6.07 Å². The first-order chi connectivity index (χ1) is 7.81. The Labute approximate surface area is 100.0 Å². The highest BCUT2D eigenvalue weighted by atomic mass is 35.5. The molecule has 1 unspecified atom stereocenters. The lowest BCUT2D eigenvalue weighted by Gasteiger charge is -2.34. The summed E-state index contributed by atoms with van der Waals surface area (Å²) in [7, 11) is 0. The summed E-state index contributed by atoms with van der Waals surface area (Å²) in [5, 5.41) is 0. The molecule has 2 rings (SSSR count). The lowest BCUT2D eigenvalue weighted by molar-refractivity contribution is -0.00347. The fourth-order valence-electron chi connectivity index (χ4n) is 1.88. The van der Waals surface area contributed by atoms with Crippen LogP contribution in [-0.4, -0.2) is 36.6 Å². The third-order valence-electron chi connectivity index (χ3n) is 2.86. The number of rotatable bonds is 3. The molecule has 4 heteroatoms. The van der Waals surface area contributed by atoms with E-state index in [1.54, 1.807) is 6.07 Å². The zero-order chi connectivity index (χ0) is 11.4. The van der Waals surface area contributed by atoms with Gasteiger partial charge >= 0.3 is 0 Å². The number of ether oxygens (including phenoxy) is 1. The molecular formula is C12H15ClFNO. The Morgan fingerprint density at radius 1 is 1.44 bits per heavy atom. The van der Waals surface area contributed by atoms with Crippen LogP contribution in [0.5, 0.6) is 0 Å². The highest BCUT2D eigenvalue weighted by molar-refractivity contribution is 6.18. The van der Waals surface area contributed by atoms with Crippen molar-refractivity contribution in [3.05, 3.63) is 35.6 Å². The average molecular weight is 244 g/mol. The second-order valence-electron chi connectivity index (χ2n) is 3.94. The van der Waals surface area contributed by atoms with Gasteiger partial charge in [-0.1, -0.05) is 18.2 Å². The van der Waals surface area contributed by atoms with Crippen molar-refractivity contribution in [2.45, 2.75) is 12.6 Å². The van der Waals surface area contributed by atoms with Crippen LogP contribution < -0.4 is 0 Å². The van der Waals surface area contributed by atoms with Gasteiger partial charge in [-0.2, -0.15) is 0 Å². The second kappa shape index (κ2) is 5.62. The Bertz CT molecular complexity index is 348. The Morgan fingerprint density at radius 2 is 2.25 bits per heavy atom. The summed E-state index contributed by atoms with van der Waals surface area (Å²) in [4.78, 5) is 2.18. The molecule has 0 aliphatic carbocycles. The van der Waals surface area contributed by atoms with E-state index in [2.05, 4.69) is 4.90 Å². The van der Waals surface area contributed by atoms with Crippen LogP contribution in [0.3, 0.4) is 0 Å². The standard InChI is InChI=1S/C12H15ClFNO/c13-7-11-9-16-6-5-15(11)8-10-3-1-2-4-12(10)14/h1-4,11H,5-9H2. The lowest BCUT2D eigenvalue weighted by atomic mass is 10.1. The molecule has 1 saturated heterocycles. The summed E-state index contributed by atoms with van der Waals surface area (Å²) in [6.07, 6.45) is 0. The van der Waals surface area contributed by atoms with Gasteiger partial charge in [0.15, 0.2) is 0 Å². The van der Waals surface area contributed by atoms with Gasteiger partial charge < -0.3 is 4.74 Å². The van der Waals surface area contributed by atoms with Gasteiger partial charge in [0.05, 0.1) is 13.2 Å². The number of hydrogen-bond donors (Lipinski definition) is 0. The summed E-state index contributed by atoms with van der Waals surface area (Å²) in [6, 6.07) is 7.06. The number of hydrogen-bond acceptors (Lipinski definition) is 2. The normalized spacial score (nSPS) is 22.2. The van der Waals surface area contributed by atoms with E-state index in [4.69, 9.17) is 16.3 Å². The van der Waals surface area contributed by atoms with Gasteiger partial charge in [-0.15, -0.1) is 11.6 Å². The van der Waals surface area contributed by atoms with Gasteiger partial charge in [-0.25, -0.2) is 4.39 Å². The smallest absolute Gasteiger partial charge is 0.127 e. The monoisotopic (exact) mass is 243 g/mol. The maximum Gasteiger partial charge on any atom is 0.127 e. The summed E-state index contributed by atoms with van der Waals surface area (Å²) in [5.41, 5.74) is 0.722. The highest BCUT2D eigenvalue weighted by Gasteiger charge is 2.22. The number of halogens is 2. The molecule has 2 nitrogen and oxygen atoms in total. The summed E-state index contributed by atoms with van der Waals surface area (Å²) >= 11 is 5.87. The van der Waals surface area contributed by atoms with E-state index in [9.17, 15) is 4.39 Å². The van der Waals surface area contributed by atoms with Crippen LogP contribution in [0.2, 0.25) is 0 Å². The predicted octanol–water partition coefficient (Wildman–Crippen LogP) is 2.27. The third-order valence-corrected chi connectivity index (χ3v) is 3.22. The zero-order valence-corrected chi connectivity index (χ0v) is 9.79. The van der Waals surface area contributed by atoms with E-state index in [-0.39, 0.29) is 11.9 Å². The number of alkyl halides is 1. The fraction of sp³-hybridized carbons (Fsp3) is 0.500. The minimum absolute atomic E-state index is 0.151. The third kappa shape index (κ3) is 2.73. The molecular weight excluding hydrogens is 229 g/mol. The van der Waals surface area contributed by atoms with Crippen molar-refractivity contribution in [1.29, 1.82) is 0 Å². The molecule has 1 heterocycles. The zero-order valence-electron chi connectivity index (χ0n) is 9.03. The minimum atomic E-state index is -0.151. The van der Waals surface area contributed by atoms with Crippen molar-refractivity contribution in [2.75, 3.05) is 25.6 Å². The minimum Gasteiger partial charge on any atom is -0.378 e. The second-order valence-corrected chi connectivity index (χ2v) is 4.25. The molecule has 16 heavy (non-hydrogen) atoms. The molecule has 0 spiro atoms. The number of benzene rings is 1. The number of morpholine rings is 1. The molecule has 0 amide bonds. The molecule has 0 aromatic heterocycles. The van der Waals surface area contributed by atoms with Crippen LogP contribution in [-0.2, 0) is 11.3 Å². The van der Waals surface area contributed by atoms with Gasteiger partial charge in [-0.05, 0) is 6.07 Å². The number of nitrogens with zero attached hydrogens (tertiary/aromatic N) is 1. The van der Waals surface area contributed by atoms with Crippen LogP contribution in [0, 0.1) is 5.82 Å². The summed E-state index contributed by atoms with van der Waals surface area (Å²) in [6.45, 7) is 2.75. The van der Waals surface area contributed by atoms with Crippen molar-refractivity contribution in [1.82, 2.24) is 4.90 Å². The topological polar surface area (TPSA) is 12.5 Å². The molecule has 0 N–H and O–H groups in total. The highest BCUT2D eigenvalue weighted by Crippen LogP contribution is 2.15. The molecule has 1 fully saturated rings. The first kappa shape index (κ1) is 11.8. The van der Waals surface area contributed by atoms with Crippen LogP contribution >= 0.6 is 11.6 Å². The van der Waals surface area contributed by atoms with Gasteiger partial charge in [-0.3, -0.25) is 4.90 Å². The summed E-state index contributed by atoms with van der Waals surface area (Å²) < 4.78 is 18.8. The molecule has 1 aliphatic heterocycles. The Kier molecular flexibility index (Phi) is 4.16. The first-order valence-corrected chi connectivity index (χ1v) is 5.96. The van der Waals surface area contributed by atoms with E-state index in [0.717, 1.165) is 12.1 Å². The predicted molar refractivity (Wildman–Crippen MR) is 62.1 cm³/mol. The molecule has 0 saturated carbocycles. The Morgan fingerprint density at radius 3 is 3.00 bits per heavy atom. The largest absolute Gasteiger partial charge is 0.378 e. The molecule has 1 atom stereocenters. The van der Waals surface area contributed by atoms with Gasteiger partial charge in [0.2, 0.25) is 0 Å². The van der Waals surface area contributed by atoms with Crippen LogP contribution in [0.4, 0.5) is 4.39 Å². The molecule has 88 valence electrons. The van der Waals surface area contributed by atoms with Crippen molar-refractivity contribution >= 4 is 11.6 Å². The van der Waals surface area contributed by atoms with Crippen molar-refractivity contribution in [2.24, 2.45) is 0 Å². The van der Waals surface area contributed by atoms with Crippen LogP contribution in [0.1, 0.15) is 5.56 Å². The van der Waals surface area contributed by atoms with E-state index >= 15 is 0 Å². The van der Waals surface area contributed by atoms with E-state index < -0.39 is 0 Å². The molecule has 1 aromatic rings. The van der Waals surface area contributed by atoms with Gasteiger partial charge in [0.25, 0.3) is 0 Å².